The Morgan fingerprint density at radius 2 is 1.69 bits per heavy atom. The number of hydrogen-bond acceptors (Lipinski definition) is 1. The summed E-state index contributed by atoms with van der Waals surface area (Å²) in [5, 5.41) is 0. The Hall–Kier alpha value is -0.680. The summed E-state index contributed by atoms with van der Waals surface area (Å²) < 4.78 is 2.05. The van der Waals surface area contributed by atoms with Crippen LogP contribution in [-0.4, -0.2) is 5.78 Å². The smallest absolute Gasteiger partial charge is 0.193 e. The van der Waals surface area contributed by atoms with Gasteiger partial charge in [0.25, 0.3) is 0 Å². The molecule has 2 aromatic carbocycles. The lowest BCUT2D eigenvalue weighted by atomic mass is 10.0. The second-order valence-electron chi connectivity index (χ2n) is 3.32. The Morgan fingerprint density at radius 1 is 1.00 bits per heavy atom. The van der Waals surface area contributed by atoms with Gasteiger partial charge in [0.1, 0.15) is 0 Å². The minimum atomic E-state index is 0.0611. The summed E-state index contributed by atoms with van der Waals surface area (Å²) in [4.78, 5) is 12.1. The monoisotopic (exact) mass is 386 g/mol. The maximum absolute atomic E-state index is 12.1. The molecule has 0 unspecified atom stereocenters. The summed E-state index contributed by atoms with van der Waals surface area (Å²) >= 11 is 5.62. The fourth-order valence-electron chi connectivity index (χ4n) is 1.39. The van der Waals surface area contributed by atoms with E-state index in [0.717, 1.165) is 19.2 Å². The number of hydrogen-bond donors (Lipinski definition) is 0. The summed E-state index contributed by atoms with van der Waals surface area (Å²) in [6, 6.07) is 14.9. The van der Waals surface area contributed by atoms with Crippen LogP contribution in [0.2, 0.25) is 0 Å². The molecule has 0 heterocycles. The average Bonchev–Trinajstić information content (AvgIpc) is 2.33. The Morgan fingerprint density at radius 3 is 2.31 bits per heavy atom. The number of carbonyl (C=O) groups excluding carboxylic acids is 1. The summed E-state index contributed by atoms with van der Waals surface area (Å²) in [5.74, 6) is 0.0611. The molecule has 0 radical (unpaired) electrons. The van der Waals surface area contributed by atoms with Crippen LogP contribution in [0.5, 0.6) is 0 Å². The molecule has 0 atom stereocenters. The van der Waals surface area contributed by atoms with E-state index in [2.05, 4.69) is 38.5 Å². The van der Waals surface area contributed by atoms with Gasteiger partial charge < -0.3 is 0 Å². The predicted octanol–water partition coefficient (Wildman–Crippen LogP) is 4.28. The van der Waals surface area contributed by atoms with Gasteiger partial charge in [-0.3, -0.25) is 4.79 Å². The van der Waals surface area contributed by atoms with E-state index >= 15 is 0 Å². The zero-order valence-electron chi connectivity index (χ0n) is 8.28. The minimum Gasteiger partial charge on any atom is -0.289 e. The molecular formula is C13H8BrIO. The molecule has 0 N–H and O–H groups in total. The van der Waals surface area contributed by atoms with Crippen LogP contribution in [0.4, 0.5) is 0 Å². The molecule has 0 aliphatic heterocycles. The average molecular weight is 387 g/mol. The molecular weight excluding hydrogens is 379 g/mol. The fraction of sp³-hybridized carbons (Fsp3) is 0. The van der Waals surface area contributed by atoms with Crippen LogP contribution >= 0.6 is 38.5 Å². The molecule has 16 heavy (non-hydrogen) atoms. The van der Waals surface area contributed by atoms with E-state index < -0.39 is 0 Å². The zero-order valence-corrected chi connectivity index (χ0v) is 12.0. The molecule has 2 aromatic rings. The second kappa shape index (κ2) is 5.10. The molecule has 0 aliphatic carbocycles. The minimum absolute atomic E-state index is 0.0611. The zero-order chi connectivity index (χ0) is 11.5. The second-order valence-corrected chi connectivity index (χ2v) is 5.34. The molecule has 3 heteroatoms. The first-order valence-electron chi connectivity index (χ1n) is 4.73. The van der Waals surface area contributed by atoms with E-state index in [1.54, 1.807) is 0 Å². The van der Waals surface area contributed by atoms with Crippen molar-refractivity contribution in [2.45, 2.75) is 0 Å². The number of carbonyl (C=O) groups is 1. The molecule has 0 aromatic heterocycles. The van der Waals surface area contributed by atoms with E-state index in [-0.39, 0.29) is 5.78 Å². The third-order valence-electron chi connectivity index (χ3n) is 2.22. The van der Waals surface area contributed by atoms with Gasteiger partial charge in [-0.05, 0) is 56.7 Å². The molecule has 0 spiro atoms. The Kier molecular flexibility index (Phi) is 3.76. The quantitative estimate of drug-likeness (QED) is 0.556. The third-order valence-corrected chi connectivity index (χ3v) is 4.54. The first kappa shape index (κ1) is 11.8. The van der Waals surface area contributed by atoms with Crippen molar-refractivity contribution in [2.24, 2.45) is 0 Å². The number of ketones is 1. The van der Waals surface area contributed by atoms with Crippen LogP contribution in [0.3, 0.4) is 0 Å². The van der Waals surface area contributed by atoms with Crippen molar-refractivity contribution in [3.05, 3.63) is 67.7 Å². The highest BCUT2D eigenvalue weighted by Crippen LogP contribution is 2.21. The fourth-order valence-corrected chi connectivity index (χ4v) is 2.16. The van der Waals surface area contributed by atoms with Crippen molar-refractivity contribution in [3.8, 4) is 0 Å². The molecule has 2 rings (SSSR count). The van der Waals surface area contributed by atoms with Crippen LogP contribution < -0.4 is 0 Å². The van der Waals surface area contributed by atoms with Crippen LogP contribution in [-0.2, 0) is 0 Å². The van der Waals surface area contributed by atoms with Crippen molar-refractivity contribution < 1.29 is 4.79 Å². The standard InChI is InChI=1S/C13H8BrIO/c14-11-7-6-10(8-12(11)15)13(16)9-4-2-1-3-5-9/h1-8H. The molecule has 0 saturated heterocycles. The largest absolute Gasteiger partial charge is 0.289 e. The van der Waals surface area contributed by atoms with Gasteiger partial charge in [0, 0.05) is 19.2 Å². The predicted molar refractivity (Wildman–Crippen MR) is 76.7 cm³/mol. The summed E-state index contributed by atoms with van der Waals surface area (Å²) in [6.45, 7) is 0. The normalized spacial score (nSPS) is 10.1. The van der Waals surface area contributed by atoms with Crippen molar-refractivity contribution in [2.75, 3.05) is 0 Å². The van der Waals surface area contributed by atoms with Crippen molar-refractivity contribution >= 4 is 44.3 Å². The van der Waals surface area contributed by atoms with Gasteiger partial charge in [-0.15, -0.1) is 0 Å². The Labute approximate surface area is 116 Å². The van der Waals surface area contributed by atoms with Crippen molar-refractivity contribution in [1.29, 1.82) is 0 Å². The van der Waals surface area contributed by atoms with Crippen LogP contribution in [0, 0.1) is 3.57 Å². The highest BCUT2D eigenvalue weighted by atomic mass is 127. The molecule has 80 valence electrons. The lowest BCUT2D eigenvalue weighted by molar-refractivity contribution is 0.103. The molecule has 0 saturated carbocycles. The molecule has 0 fully saturated rings. The lowest BCUT2D eigenvalue weighted by Gasteiger charge is -2.02. The Bertz CT molecular complexity index is 523. The van der Waals surface area contributed by atoms with E-state index in [9.17, 15) is 4.79 Å². The maximum atomic E-state index is 12.1. The lowest BCUT2D eigenvalue weighted by Crippen LogP contribution is -2.01. The van der Waals surface area contributed by atoms with E-state index in [4.69, 9.17) is 0 Å². The third kappa shape index (κ3) is 2.52. The highest BCUT2D eigenvalue weighted by molar-refractivity contribution is 14.1. The summed E-state index contributed by atoms with van der Waals surface area (Å²) in [7, 11) is 0. The van der Waals surface area contributed by atoms with Crippen molar-refractivity contribution in [1.82, 2.24) is 0 Å². The highest BCUT2D eigenvalue weighted by Gasteiger charge is 2.09. The Balaban J connectivity index is 2.39. The van der Waals surface area contributed by atoms with Crippen LogP contribution in [0.1, 0.15) is 15.9 Å². The molecule has 1 nitrogen and oxygen atoms in total. The van der Waals surface area contributed by atoms with Gasteiger partial charge in [-0.2, -0.15) is 0 Å². The van der Waals surface area contributed by atoms with Gasteiger partial charge >= 0.3 is 0 Å². The molecule has 0 aliphatic rings. The van der Waals surface area contributed by atoms with Gasteiger partial charge in [0.2, 0.25) is 0 Å². The topological polar surface area (TPSA) is 17.1 Å². The summed E-state index contributed by atoms with van der Waals surface area (Å²) in [5.41, 5.74) is 1.44. The van der Waals surface area contributed by atoms with Crippen molar-refractivity contribution in [3.63, 3.8) is 0 Å². The van der Waals surface area contributed by atoms with Gasteiger partial charge in [0.05, 0.1) is 0 Å². The maximum Gasteiger partial charge on any atom is 0.193 e. The van der Waals surface area contributed by atoms with Gasteiger partial charge in [-0.1, -0.05) is 30.3 Å². The van der Waals surface area contributed by atoms with Gasteiger partial charge in [0.15, 0.2) is 5.78 Å². The first-order valence-corrected chi connectivity index (χ1v) is 6.60. The van der Waals surface area contributed by atoms with E-state index in [0.29, 0.717) is 0 Å². The summed E-state index contributed by atoms with van der Waals surface area (Å²) in [6.07, 6.45) is 0. The van der Waals surface area contributed by atoms with Gasteiger partial charge in [-0.25, -0.2) is 0 Å². The molecule has 0 bridgehead atoms. The van der Waals surface area contributed by atoms with E-state index in [1.165, 1.54) is 0 Å². The van der Waals surface area contributed by atoms with Crippen LogP contribution in [0.25, 0.3) is 0 Å². The molecule has 0 amide bonds. The van der Waals surface area contributed by atoms with E-state index in [1.807, 2.05) is 48.5 Å². The number of halogens is 2. The SMILES string of the molecule is O=C(c1ccccc1)c1ccc(Br)c(I)c1. The number of benzene rings is 2. The number of rotatable bonds is 2. The first-order chi connectivity index (χ1) is 7.68. The van der Waals surface area contributed by atoms with Crippen LogP contribution in [0.15, 0.2) is 53.0 Å².